The second kappa shape index (κ2) is 8.60. The Balaban J connectivity index is 1.47. The lowest BCUT2D eigenvalue weighted by Gasteiger charge is -2.27. The molecule has 0 unspecified atom stereocenters. The molecular weight excluding hydrogens is 310 g/mol. The van der Waals surface area contributed by atoms with Crippen LogP contribution in [-0.4, -0.2) is 61.0 Å². The number of carbonyl (C=O) groups excluding carboxylic acids is 1. The van der Waals surface area contributed by atoms with E-state index in [2.05, 4.69) is 15.4 Å². The molecule has 24 heavy (non-hydrogen) atoms. The molecule has 0 radical (unpaired) electrons. The summed E-state index contributed by atoms with van der Waals surface area (Å²) < 4.78 is 16.5. The molecule has 2 atom stereocenters. The minimum atomic E-state index is -0.0482. The lowest BCUT2D eigenvalue weighted by molar-refractivity contribution is -0.116. The Hall–Kier alpha value is -1.44. The molecule has 7 heteroatoms. The molecular formula is C17H27N3O4. The van der Waals surface area contributed by atoms with E-state index in [0.29, 0.717) is 24.5 Å². The fourth-order valence-corrected chi connectivity index (χ4v) is 3.30. The topological polar surface area (TPSA) is 76.8 Å². The van der Waals surface area contributed by atoms with Gasteiger partial charge in [-0.15, -0.1) is 0 Å². The highest BCUT2D eigenvalue weighted by Crippen LogP contribution is 2.17. The molecule has 3 rings (SSSR count). The van der Waals surface area contributed by atoms with Crippen molar-refractivity contribution in [1.82, 2.24) is 10.1 Å². The highest BCUT2D eigenvalue weighted by atomic mass is 16.5. The van der Waals surface area contributed by atoms with E-state index in [1.165, 1.54) is 0 Å². The van der Waals surface area contributed by atoms with Gasteiger partial charge in [0.1, 0.15) is 5.76 Å². The Morgan fingerprint density at radius 1 is 1.25 bits per heavy atom. The Labute approximate surface area is 142 Å². The monoisotopic (exact) mass is 337 g/mol. The number of hydrogen-bond acceptors (Lipinski definition) is 6. The van der Waals surface area contributed by atoms with Crippen molar-refractivity contribution >= 4 is 11.7 Å². The lowest BCUT2D eigenvalue weighted by atomic mass is 10.2. The second-order valence-corrected chi connectivity index (χ2v) is 6.65. The van der Waals surface area contributed by atoms with Gasteiger partial charge in [0.2, 0.25) is 5.91 Å². The van der Waals surface area contributed by atoms with E-state index in [1.54, 1.807) is 13.0 Å². The third kappa shape index (κ3) is 5.29. The summed E-state index contributed by atoms with van der Waals surface area (Å²) in [6.45, 7) is 5.94. The van der Waals surface area contributed by atoms with Crippen LogP contribution in [0, 0.1) is 6.92 Å². The molecule has 134 valence electrons. The number of anilines is 1. The normalized spacial score (nSPS) is 23.9. The second-order valence-electron chi connectivity index (χ2n) is 6.65. The minimum absolute atomic E-state index is 0.0482. The van der Waals surface area contributed by atoms with Crippen LogP contribution in [0.1, 0.15) is 37.9 Å². The molecule has 0 aromatic carbocycles. The SMILES string of the molecule is Cc1cc(NC(=O)CCN(C[C@H]2CCCO2)C[C@@H]2CCCO2)no1. The van der Waals surface area contributed by atoms with Gasteiger partial charge in [0, 0.05) is 45.3 Å². The van der Waals surface area contributed by atoms with Crippen molar-refractivity contribution in [2.75, 3.05) is 38.2 Å². The van der Waals surface area contributed by atoms with Crippen molar-refractivity contribution < 1.29 is 18.8 Å². The smallest absolute Gasteiger partial charge is 0.226 e. The zero-order valence-corrected chi connectivity index (χ0v) is 14.3. The quantitative estimate of drug-likeness (QED) is 0.781. The molecule has 1 aromatic heterocycles. The standard InChI is InChI=1S/C17H27N3O4/c1-13-10-16(19-24-13)18-17(21)6-7-20(11-14-4-2-8-22-14)12-15-5-3-9-23-15/h10,14-15H,2-9,11-12H2,1H3,(H,18,19,21)/t14-,15+. The van der Waals surface area contributed by atoms with Crippen LogP contribution in [0.4, 0.5) is 5.82 Å². The van der Waals surface area contributed by atoms with E-state index in [0.717, 1.165) is 52.0 Å². The summed E-state index contributed by atoms with van der Waals surface area (Å²) in [5.74, 6) is 1.11. The number of carbonyl (C=O) groups is 1. The molecule has 2 saturated heterocycles. The van der Waals surface area contributed by atoms with Gasteiger partial charge in [-0.2, -0.15) is 0 Å². The third-order valence-electron chi connectivity index (χ3n) is 4.52. The lowest BCUT2D eigenvalue weighted by Crippen LogP contribution is -2.39. The summed E-state index contributed by atoms with van der Waals surface area (Å²) in [4.78, 5) is 14.4. The summed E-state index contributed by atoms with van der Waals surface area (Å²) >= 11 is 0. The first-order chi connectivity index (χ1) is 11.7. The first kappa shape index (κ1) is 17.4. The van der Waals surface area contributed by atoms with Gasteiger partial charge in [-0.25, -0.2) is 0 Å². The minimum Gasteiger partial charge on any atom is -0.377 e. The first-order valence-corrected chi connectivity index (χ1v) is 8.88. The van der Waals surface area contributed by atoms with Gasteiger partial charge in [0.05, 0.1) is 12.2 Å². The molecule has 0 saturated carbocycles. The highest BCUT2D eigenvalue weighted by molar-refractivity contribution is 5.89. The zero-order valence-electron chi connectivity index (χ0n) is 14.3. The molecule has 2 aliphatic rings. The first-order valence-electron chi connectivity index (χ1n) is 8.88. The van der Waals surface area contributed by atoms with Crippen molar-refractivity contribution in [2.45, 2.75) is 51.2 Å². The van der Waals surface area contributed by atoms with Crippen LogP contribution in [0.5, 0.6) is 0 Å². The van der Waals surface area contributed by atoms with Gasteiger partial charge in [0.15, 0.2) is 5.82 Å². The molecule has 1 N–H and O–H groups in total. The molecule has 7 nitrogen and oxygen atoms in total. The number of hydrogen-bond donors (Lipinski definition) is 1. The van der Waals surface area contributed by atoms with E-state index in [1.807, 2.05) is 0 Å². The van der Waals surface area contributed by atoms with Crippen molar-refractivity contribution in [3.05, 3.63) is 11.8 Å². The average Bonchev–Trinajstić information content (AvgIpc) is 3.29. The molecule has 2 aliphatic heterocycles. The number of aryl methyl sites for hydroxylation is 1. The van der Waals surface area contributed by atoms with E-state index < -0.39 is 0 Å². The Morgan fingerprint density at radius 3 is 2.42 bits per heavy atom. The van der Waals surface area contributed by atoms with Crippen molar-refractivity contribution in [3.63, 3.8) is 0 Å². The Morgan fingerprint density at radius 2 is 1.92 bits per heavy atom. The van der Waals surface area contributed by atoms with Gasteiger partial charge >= 0.3 is 0 Å². The maximum absolute atomic E-state index is 12.1. The van der Waals surface area contributed by atoms with Gasteiger partial charge in [0.25, 0.3) is 0 Å². The number of amides is 1. The van der Waals surface area contributed by atoms with Gasteiger partial charge in [-0.1, -0.05) is 5.16 Å². The van der Waals surface area contributed by atoms with E-state index in [-0.39, 0.29) is 18.1 Å². The Kier molecular flexibility index (Phi) is 6.23. The predicted molar refractivity (Wildman–Crippen MR) is 88.9 cm³/mol. The average molecular weight is 337 g/mol. The number of aromatic nitrogens is 1. The Bertz CT molecular complexity index is 504. The molecule has 1 amide bonds. The van der Waals surface area contributed by atoms with E-state index >= 15 is 0 Å². The largest absolute Gasteiger partial charge is 0.377 e. The van der Waals surface area contributed by atoms with E-state index in [9.17, 15) is 4.79 Å². The molecule has 0 spiro atoms. The molecule has 0 bridgehead atoms. The number of ether oxygens (including phenoxy) is 2. The van der Waals surface area contributed by atoms with Crippen LogP contribution in [0.25, 0.3) is 0 Å². The number of rotatable bonds is 8. The van der Waals surface area contributed by atoms with Gasteiger partial charge in [-0.3, -0.25) is 9.69 Å². The number of nitrogens with zero attached hydrogens (tertiary/aromatic N) is 2. The van der Waals surface area contributed by atoms with Gasteiger partial charge < -0.3 is 19.3 Å². The van der Waals surface area contributed by atoms with Gasteiger partial charge in [-0.05, 0) is 32.6 Å². The summed E-state index contributed by atoms with van der Waals surface area (Å²) in [5.41, 5.74) is 0. The number of nitrogens with one attached hydrogen (secondary N) is 1. The van der Waals surface area contributed by atoms with Crippen LogP contribution in [0.15, 0.2) is 10.6 Å². The van der Waals surface area contributed by atoms with Crippen molar-refractivity contribution in [3.8, 4) is 0 Å². The molecule has 3 heterocycles. The van der Waals surface area contributed by atoms with Crippen LogP contribution < -0.4 is 5.32 Å². The maximum Gasteiger partial charge on any atom is 0.226 e. The fraction of sp³-hybridized carbons (Fsp3) is 0.765. The predicted octanol–water partition coefficient (Wildman–Crippen LogP) is 1.97. The summed E-state index contributed by atoms with van der Waals surface area (Å²) in [6, 6.07) is 1.72. The van der Waals surface area contributed by atoms with Crippen LogP contribution in [-0.2, 0) is 14.3 Å². The highest BCUT2D eigenvalue weighted by Gasteiger charge is 2.24. The van der Waals surface area contributed by atoms with Crippen molar-refractivity contribution in [2.24, 2.45) is 0 Å². The third-order valence-corrected chi connectivity index (χ3v) is 4.52. The van der Waals surface area contributed by atoms with Crippen LogP contribution in [0.3, 0.4) is 0 Å². The van der Waals surface area contributed by atoms with Crippen LogP contribution >= 0.6 is 0 Å². The summed E-state index contributed by atoms with van der Waals surface area (Å²) in [5, 5.41) is 6.56. The van der Waals surface area contributed by atoms with Crippen LogP contribution in [0.2, 0.25) is 0 Å². The summed E-state index contributed by atoms with van der Waals surface area (Å²) in [7, 11) is 0. The molecule has 0 aliphatic carbocycles. The van der Waals surface area contributed by atoms with E-state index in [4.69, 9.17) is 14.0 Å². The van der Waals surface area contributed by atoms with Crippen molar-refractivity contribution in [1.29, 1.82) is 0 Å². The fourth-order valence-electron chi connectivity index (χ4n) is 3.30. The maximum atomic E-state index is 12.1. The molecule has 2 fully saturated rings. The zero-order chi connectivity index (χ0) is 16.8. The summed E-state index contributed by atoms with van der Waals surface area (Å²) in [6.07, 6.45) is 5.46. The molecule has 1 aromatic rings.